The van der Waals surface area contributed by atoms with Crippen molar-refractivity contribution in [3.05, 3.63) is 18.0 Å². The lowest BCUT2D eigenvalue weighted by atomic mass is 10.3. The van der Waals surface area contributed by atoms with E-state index in [2.05, 4.69) is 10.2 Å². The maximum absolute atomic E-state index is 5.28. The van der Waals surface area contributed by atoms with Crippen LogP contribution >= 0.6 is 0 Å². The molecular formula is C8H14N2O2. The van der Waals surface area contributed by atoms with Crippen LogP contribution in [0.3, 0.4) is 0 Å². The molecule has 0 saturated heterocycles. The molecule has 0 atom stereocenters. The molecule has 0 fully saturated rings. The standard InChI is InChI=1S/C8H14N2O2/c1-11-4-5-12-3-2-8-6-9-10-7-8/h6-7H,2-5H2,1H3,(H,9,10). The second kappa shape index (κ2) is 5.74. The first-order valence-corrected chi connectivity index (χ1v) is 3.98. The van der Waals surface area contributed by atoms with Crippen LogP contribution in [0.4, 0.5) is 0 Å². The van der Waals surface area contributed by atoms with E-state index in [0.717, 1.165) is 13.0 Å². The summed E-state index contributed by atoms with van der Waals surface area (Å²) in [5, 5.41) is 6.58. The number of aromatic nitrogens is 2. The molecule has 0 saturated carbocycles. The number of rotatable bonds is 6. The number of H-pyrrole nitrogens is 1. The lowest BCUT2D eigenvalue weighted by Crippen LogP contribution is -2.04. The molecule has 1 aromatic heterocycles. The molecule has 68 valence electrons. The zero-order valence-electron chi connectivity index (χ0n) is 7.25. The van der Waals surface area contributed by atoms with E-state index >= 15 is 0 Å². The Kier molecular flexibility index (Phi) is 4.41. The third-order valence-electron chi connectivity index (χ3n) is 1.52. The van der Waals surface area contributed by atoms with E-state index in [9.17, 15) is 0 Å². The van der Waals surface area contributed by atoms with Gasteiger partial charge in [-0.1, -0.05) is 0 Å². The van der Waals surface area contributed by atoms with Crippen molar-refractivity contribution in [2.24, 2.45) is 0 Å². The van der Waals surface area contributed by atoms with E-state index in [1.54, 1.807) is 13.3 Å². The molecule has 12 heavy (non-hydrogen) atoms. The van der Waals surface area contributed by atoms with Gasteiger partial charge in [0.15, 0.2) is 0 Å². The maximum Gasteiger partial charge on any atom is 0.0700 e. The maximum atomic E-state index is 5.28. The van der Waals surface area contributed by atoms with E-state index in [-0.39, 0.29) is 0 Å². The minimum absolute atomic E-state index is 0.658. The fourth-order valence-electron chi connectivity index (χ4n) is 0.849. The van der Waals surface area contributed by atoms with Crippen LogP contribution in [-0.2, 0) is 15.9 Å². The van der Waals surface area contributed by atoms with Crippen LogP contribution in [0.2, 0.25) is 0 Å². The van der Waals surface area contributed by atoms with Gasteiger partial charge in [0.2, 0.25) is 0 Å². The third-order valence-corrected chi connectivity index (χ3v) is 1.52. The van der Waals surface area contributed by atoms with Crippen LogP contribution in [0.25, 0.3) is 0 Å². The Labute approximate surface area is 71.9 Å². The summed E-state index contributed by atoms with van der Waals surface area (Å²) < 4.78 is 10.1. The highest BCUT2D eigenvalue weighted by Crippen LogP contribution is 1.94. The molecule has 4 nitrogen and oxygen atoms in total. The molecule has 1 N–H and O–H groups in total. The molecule has 0 bridgehead atoms. The zero-order valence-corrected chi connectivity index (χ0v) is 7.25. The Bertz CT molecular complexity index is 187. The predicted molar refractivity (Wildman–Crippen MR) is 45.0 cm³/mol. The fourth-order valence-corrected chi connectivity index (χ4v) is 0.849. The van der Waals surface area contributed by atoms with E-state index in [1.807, 2.05) is 6.20 Å². The van der Waals surface area contributed by atoms with Crippen LogP contribution in [0, 0.1) is 0 Å². The number of nitrogens with zero attached hydrogens (tertiary/aromatic N) is 1. The quantitative estimate of drug-likeness (QED) is 0.636. The minimum atomic E-state index is 0.658. The number of aromatic amines is 1. The van der Waals surface area contributed by atoms with Crippen LogP contribution in [0.5, 0.6) is 0 Å². The summed E-state index contributed by atoms with van der Waals surface area (Å²) in [5.41, 5.74) is 1.17. The number of methoxy groups -OCH3 is 1. The molecular weight excluding hydrogens is 156 g/mol. The van der Waals surface area contributed by atoms with Gasteiger partial charge in [-0.05, 0) is 12.0 Å². The Hall–Kier alpha value is -0.870. The van der Waals surface area contributed by atoms with E-state index in [1.165, 1.54) is 5.56 Å². The van der Waals surface area contributed by atoms with Gasteiger partial charge in [0.1, 0.15) is 0 Å². The van der Waals surface area contributed by atoms with Crippen molar-refractivity contribution in [2.75, 3.05) is 26.9 Å². The summed E-state index contributed by atoms with van der Waals surface area (Å²) in [6.45, 7) is 2.04. The molecule has 1 aromatic rings. The Morgan fingerprint density at radius 3 is 3.00 bits per heavy atom. The first-order valence-electron chi connectivity index (χ1n) is 3.98. The Balaban J connectivity index is 1.96. The molecule has 4 heteroatoms. The van der Waals surface area contributed by atoms with Gasteiger partial charge in [0.05, 0.1) is 26.0 Å². The van der Waals surface area contributed by atoms with Crippen molar-refractivity contribution >= 4 is 0 Å². The highest BCUT2D eigenvalue weighted by molar-refractivity contribution is 5.01. The second-order valence-corrected chi connectivity index (χ2v) is 2.46. The fraction of sp³-hybridized carbons (Fsp3) is 0.625. The lowest BCUT2D eigenvalue weighted by Gasteiger charge is -2.00. The summed E-state index contributed by atoms with van der Waals surface area (Å²) in [5.74, 6) is 0. The van der Waals surface area contributed by atoms with Gasteiger partial charge in [-0.15, -0.1) is 0 Å². The smallest absolute Gasteiger partial charge is 0.0700 e. The normalized spacial score (nSPS) is 10.4. The molecule has 0 aliphatic heterocycles. The zero-order chi connectivity index (χ0) is 8.65. The number of hydrogen-bond acceptors (Lipinski definition) is 3. The second-order valence-electron chi connectivity index (χ2n) is 2.46. The van der Waals surface area contributed by atoms with Crippen molar-refractivity contribution in [1.29, 1.82) is 0 Å². The minimum Gasteiger partial charge on any atom is -0.382 e. The summed E-state index contributed by atoms with van der Waals surface area (Å²) in [7, 11) is 1.67. The van der Waals surface area contributed by atoms with Crippen molar-refractivity contribution in [2.45, 2.75) is 6.42 Å². The largest absolute Gasteiger partial charge is 0.382 e. The van der Waals surface area contributed by atoms with Gasteiger partial charge in [-0.2, -0.15) is 5.10 Å². The van der Waals surface area contributed by atoms with Gasteiger partial charge in [-0.25, -0.2) is 0 Å². The van der Waals surface area contributed by atoms with Crippen LogP contribution in [0.1, 0.15) is 5.56 Å². The monoisotopic (exact) mass is 170 g/mol. The van der Waals surface area contributed by atoms with Gasteiger partial charge in [0.25, 0.3) is 0 Å². The Morgan fingerprint density at radius 1 is 1.42 bits per heavy atom. The molecule has 0 radical (unpaired) electrons. The highest BCUT2D eigenvalue weighted by Gasteiger charge is 1.93. The van der Waals surface area contributed by atoms with E-state index < -0.39 is 0 Å². The van der Waals surface area contributed by atoms with E-state index in [4.69, 9.17) is 9.47 Å². The van der Waals surface area contributed by atoms with Crippen molar-refractivity contribution in [3.8, 4) is 0 Å². The lowest BCUT2D eigenvalue weighted by molar-refractivity contribution is 0.0722. The molecule has 0 spiro atoms. The van der Waals surface area contributed by atoms with Crippen molar-refractivity contribution < 1.29 is 9.47 Å². The van der Waals surface area contributed by atoms with Gasteiger partial charge in [0, 0.05) is 13.3 Å². The molecule has 0 aliphatic rings. The van der Waals surface area contributed by atoms with E-state index in [0.29, 0.717) is 13.2 Å². The summed E-state index contributed by atoms with van der Waals surface area (Å²) in [6, 6.07) is 0. The van der Waals surface area contributed by atoms with Gasteiger partial charge >= 0.3 is 0 Å². The van der Waals surface area contributed by atoms with Crippen molar-refractivity contribution in [1.82, 2.24) is 10.2 Å². The van der Waals surface area contributed by atoms with Gasteiger partial charge in [-0.3, -0.25) is 5.10 Å². The number of ether oxygens (including phenoxy) is 2. The van der Waals surface area contributed by atoms with Crippen molar-refractivity contribution in [3.63, 3.8) is 0 Å². The molecule has 1 rings (SSSR count). The van der Waals surface area contributed by atoms with Gasteiger partial charge < -0.3 is 9.47 Å². The summed E-state index contributed by atoms with van der Waals surface area (Å²) in [6.07, 6.45) is 4.58. The first-order chi connectivity index (χ1) is 5.93. The van der Waals surface area contributed by atoms with Crippen LogP contribution in [0.15, 0.2) is 12.4 Å². The molecule has 0 unspecified atom stereocenters. The van der Waals surface area contributed by atoms with Crippen LogP contribution < -0.4 is 0 Å². The predicted octanol–water partition coefficient (Wildman–Crippen LogP) is 0.615. The summed E-state index contributed by atoms with van der Waals surface area (Å²) in [4.78, 5) is 0. The topological polar surface area (TPSA) is 47.1 Å². The molecule has 0 amide bonds. The third kappa shape index (κ3) is 3.50. The average molecular weight is 170 g/mol. The average Bonchev–Trinajstić information content (AvgIpc) is 2.57. The SMILES string of the molecule is COCCOCCc1cn[nH]c1. The number of nitrogens with one attached hydrogen (secondary N) is 1. The molecule has 0 aliphatic carbocycles. The Morgan fingerprint density at radius 2 is 2.33 bits per heavy atom. The van der Waals surface area contributed by atoms with Crippen LogP contribution in [-0.4, -0.2) is 37.1 Å². The first kappa shape index (κ1) is 9.22. The summed E-state index contributed by atoms with van der Waals surface area (Å²) >= 11 is 0. The molecule has 1 heterocycles. The molecule has 0 aromatic carbocycles. The highest BCUT2D eigenvalue weighted by atomic mass is 16.5. The number of hydrogen-bond donors (Lipinski definition) is 1.